The number of aromatic amines is 1. The van der Waals surface area contributed by atoms with Gasteiger partial charge < -0.3 is 26.1 Å². The molecule has 0 amide bonds. The number of nitrogens with one attached hydrogen (secondary N) is 3. The molecule has 1 fully saturated rings. The molecule has 2 atom stereocenters. The Balaban J connectivity index is 1.46. The zero-order valence-electron chi connectivity index (χ0n) is 20.1. The van der Waals surface area contributed by atoms with Crippen LogP contribution in [0, 0.1) is 11.2 Å². The molecule has 0 spiro atoms. The number of fused-ring (bicyclic) bond motifs is 4. The third kappa shape index (κ3) is 3.65. The van der Waals surface area contributed by atoms with Gasteiger partial charge in [-0.15, -0.1) is 0 Å². The maximum atomic E-state index is 14.5. The number of anilines is 2. The van der Waals surface area contributed by atoms with Gasteiger partial charge in [0.05, 0.1) is 33.8 Å². The number of pyridine rings is 2. The smallest absolute Gasteiger partial charge is 0.326 e. The van der Waals surface area contributed by atoms with Crippen molar-refractivity contribution in [2.75, 3.05) is 24.2 Å². The Morgan fingerprint density at radius 2 is 2.11 bits per heavy atom. The minimum absolute atomic E-state index is 0.000274. The summed E-state index contributed by atoms with van der Waals surface area (Å²) < 4.78 is 20.5. The first-order valence-electron chi connectivity index (χ1n) is 12.1. The molecule has 1 aliphatic carbocycles. The lowest BCUT2D eigenvalue weighted by Gasteiger charge is -2.47. The zero-order valence-corrected chi connectivity index (χ0v) is 20.1. The number of halogens is 1. The summed E-state index contributed by atoms with van der Waals surface area (Å²) in [7, 11) is 1.75. The van der Waals surface area contributed by atoms with Gasteiger partial charge in [0.15, 0.2) is 5.75 Å². The molecule has 1 aliphatic rings. The zero-order chi connectivity index (χ0) is 24.9. The van der Waals surface area contributed by atoms with Gasteiger partial charge in [0.1, 0.15) is 17.3 Å². The van der Waals surface area contributed by atoms with Gasteiger partial charge in [-0.25, -0.2) is 4.39 Å². The first-order valence-corrected chi connectivity index (χ1v) is 12.1. The van der Waals surface area contributed by atoms with Gasteiger partial charge in [0, 0.05) is 42.7 Å². The normalized spacial score (nSPS) is 19.5. The fraction of sp³-hybridized carbons (Fsp3) is 0.308. The van der Waals surface area contributed by atoms with E-state index < -0.39 is 0 Å². The summed E-state index contributed by atoms with van der Waals surface area (Å²) in [6.07, 6.45) is 6.34. The van der Waals surface area contributed by atoms with Crippen molar-refractivity contribution in [2.24, 2.45) is 11.1 Å². The molecule has 4 heterocycles. The fourth-order valence-corrected chi connectivity index (χ4v) is 5.07. The topological polar surface area (TPSA) is 127 Å². The van der Waals surface area contributed by atoms with Crippen molar-refractivity contribution < 1.29 is 9.13 Å². The monoisotopic (exact) mass is 486 g/mol. The lowest BCUT2D eigenvalue weighted by molar-refractivity contribution is 0.104. The predicted molar refractivity (Wildman–Crippen MR) is 139 cm³/mol. The molecule has 10 heteroatoms. The number of hydrogen-bond acceptors (Lipinski definition) is 8. The van der Waals surface area contributed by atoms with Gasteiger partial charge in [-0.2, -0.15) is 9.97 Å². The Kier molecular flexibility index (Phi) is 5.33. The molecule has 6 rings (SSSR count). The van der Waals surface area contributed by atoms with Crippen molar-refractivity contribution in [1.29, 1.82) is 0 Å². The number of rotatable bonds is 7. The molecule has 0 unspecified atom stereocenters. The summed E-state index contributed by atoms with van der Waals surface area (Å²) in [6, 6.07) is 8.73. The van der Waals surface area contributed by atoms with Gasteiger partial charge in [-0.05, 0) is 43.5 Å². The highest BCUT2D eigenvalue weighted by Gasteiger charge is 2.43. The Hall–Kier alpha value is -4.05. The maximum absolute atomic E-state index is 14.5. The quantitative estimate of drug-likeness (QED) is 0.254. The summed E-state index contributed by atoms with van der Waals surface area (Å²) >= 11 is 0. The Bertz CT molecular complexity index is 1600. The predicted octanol–water partition coefficient (Wildman–Crippen LogP) is 4.96. The number of nitrogens with two attached hydrogens (primary N) is 1. The summed E-state index contributed by atoms with van der Waals surface area (Å²) in [5.74, 6) is 0.683. The number of nitrogens with zero attached hydrogens (tertiary/aromatic N) is 4. The number of hydrogen-bond donors (Lipinski definition) is 4. The molecule has 0 bridgehead atoms. The lowest BCUT2D eigenvalue weighted by atomic mass is 9.63. The SMILES string of the molecule is CC[C@]1(CNc2nc(Oc3cnc4cccnc4c3)nc3[nH]c4c(NC)cc(F)cc4c23)CC[C@@H]1N. The molecule has 0 radical (unpaired) electrons. The highest BCUT2D eigenvalue weighted by Crippen LogP contribution is 2.43. The maximum Gasteiger partial charge on any atom is 0.326 e. The molecule has 1 saturated carbocycles. The third-order valence-electron chi connectivity index (χ3n) is 7.46. The molecule has 0 saturated heterocycles. The van der Waals surface area contributed by atoms with Crippen molar-refractivity contribution in [1.82, 2.24) is 24.9 Å². The first-order chi connectivity index (χ1) is 17.5. The van der Waals surface area contributed by atoms with E-state index in [0.717, 1.165) is 30.3 Å². The van der Waals surface area contributed by atoms with Gasteiger partial charge in [-0.1, -0.05) is 6.92 Å². The van der Waals surface area contributed by atoms with Gasteiger partial charge in [0.2, 0.25) is 0 Å². The van der Waals surface area contributed by atoms with Crippen LogP contribution >= 0.6 is 0 Å². The molecule has 36 heavy (non-hydrogen) atoms. The van der Waals surface area contributed by atoms with Crippen LogP contribution in [0.2, 0.25) is 0 Å². The summed E-state index contributed by atoms with van der Waals surface area (Å²) in [5, 5.41) is 7.93. The molecular weight excluding hydrogens is 459 g/mol. The van der Waals surface area contributed by atoms with E-state index in [1.165, 1.54) is 12.1 Å². The van der Waals surface area contributed by atoms with E-state index in [1.54, 1.807) is 25.5 Å². The second kappa shape index (κ2) is 8.56. The summed E-state index contributed by atoms with van der Waals surface area (Å²) in [6.45, 7) is 2.81. The Labute approximate surface area is 206 Å². The molecule has 9 nitrogen and oxygen atoms in total. The van der Waals surface area contributed by atoms with Crippen molar-refractivity contribution in [3.05, 3.63) is 48.5 Å². The van der Waals surface area contributed by atoms with Crippen LogP contribution in [-0.4, -0.2) is 44.6 Å². The van der Waals surface area contributed by atoms with Crippen LogP contribution in [-0.2, 0) is 0 Å². The van der Waals surface area contributed by atoms with Crippen molar-refractivity contribution >= 4 is 44.5 Å². The summed E-state index contributed by atoms with van der Waals surface area (Å²) in [4.78, 5) is 21.4. The number of H-pyrrole nitrogens is 1. The Morgan fingerprint density at radius 3 is 2.86 bits per heavy atom. The highest BCUT2D eigenvalue weighted by molar-refractivity contribution is 6.14. The van der Waals surface area contributed by atoms with Crippen LogP contribution in [0.4, 0.5) is 15.9 Å². The number of benzene rings is 1. The average Bonchev–Trinajstić information content (AvgIpc) is 3.26. The fourth-order valence-electron chi connectivity index (χ4n) is 5.07. The second-order valence-corrected chi connectivity index (χ2v) is 9.36. The van der Waals surface area contributed by atoms with E-state index in [4.69, 9.17) is 15.5 Å². The van der Waals surface area contributed by atoms with E-state index in [-0.39, 0.29) is 23.3 Å². The number of aromatic nitrogens is 5. The van der Waals surface area contributed by atoms with Crippen LogP contribution < -0.4 is 21.1 Å². The van der Waals surface area contributed by atoms with Crippen LogP contribution in [0.15, 0.2) is 42.7 Å². The highest BCUT2D eigenvalue weighted by atomic mass is 19.1. The average molecular weight is 487 g/mol. The second-order valence-electron chi connectivity index (χ2n) is 9.36. The minimum atomic E-state index is -0.347. The largest absolute Gasteiger partial charge is 0.422 e. The van der Waals surface area contributed by atoms with Crippen LogP contribution in [0.5, 0.6) is 11.8 Å². The van der Waals surface area contributed by atoms with E-state index in [9.17, 15) is 4.39 Å². The van der Waals surface area contributed by atoms with Gasteiger partial charge in [-0.3, -0.25) is 9.97 Å². The van der Waals surface area contributed by atoms with E-state index in [0.29, 0.717) is 45.7 Å². The Morgan fingerprint density at radius 1 is 1.22 bits per heavy atom. The van der Waals surface area contributed by atoms with Crippen LogP contribution in [0.1, 0.15) is 26.2 Å². The molecule has 4 aromatic heterocycles. The van der Waals surface area contributed by atoms with Crippen molar-refractivity contribution in [3.63, 3.8) is 0 Å². The van der Waals surface area contributed by atoms with Gasteiger partial charge in [0.25, 0.3) is 0 Å². The van der Waals surface area contributed by atoms with E-state index >= 15 is 0 Å². The van der Waals surface area contributed by atoms with E-state index in [2.05, 4.69) is 37.5 Å². The molecule has 184 valence electrons. The molecule has 5 aromatic rings. The molecule has 1 aromatic carbocycles. The molecule has 5 N–H and O–H groups in total. The third-order valence-corrected chi connectivity index (χ3v) is 7.46. The summed E-state index contributed by atoms with van der Waals surface area (Å²) in [5.41, 5.74) is 9.76. The van der Waals surface area contributed by atoms with E-state index in [1.807, 2.05) is 12.1 Å². The van der Waals surface area contributed by atoms with Crippen LogP contribution in [0.25, 0.3) is 33.0 Å². The van der Waals surface area contributed by atoms with Crippen molar-refractivity contribution in [2.45, 2.75) is 32.2 Å². The molecular formula is C26H27FN8O. The number of ether oxygens (including phenoxy) is 1. The van der Waals surface area contributed by atoms with Crippen LogP contribution in [0.3, 0.4) is 0 Å². The standard InChI is InChI=1S/C26H27FN8O/c1-3-26(7-6-20(26)28)13-32-23-21-16-9-14(27)10-19(29-2)22(16)33-24(21)35-25(34-23)36-15-11-18-17(31-12-15)5-4-8-30-18/h4-5,8-12,20,29H,3,6-7,13,28H2,1-2H3,(H2,32,33,34,35)/t20-,26+/m0/s1. The lowest BCUT2D eigenvalue weighted by Crippen LogP contribution is -2.54. The van der Waals surface area contributed by atoms with Gasteiger partial charge >= 0.3 is 6.01 Å². The van der Waals surface area contributed by atoms with Crippen molar-refractivity contribution in [3.8, 4) is 11.8 Å². The molecule has 0 aliphatic heterocycles. The minimum Gasteiger partial charge on any atom is -0.422 e. The first kappa shape index (κ1) is 22.4.